The van der Waals surface area contributed by atoms with Gasteiger partial charge in [-0.05, 0) is 57.8 Å². The molecule has 1 aromatic heterocycles. The second-order valence-electron chi connectivity index (χ2n) is 10.1. The van der Waals surface area contributed by atoms with Crippen LogP contribution in [0.25, 0.3) is 45.0 Å². The highest BCUT2D eigenvalue weighted by Gasteiger charge is 2.44. The van der Waals surface area contributed by atoms with Crippen LogP contribution in [0.15, 0.2) is 97.1 Å². The predicted molar refractivity (Wildman–Crippen MR) is 150 cm³/mol. The molecule has 0 unspecified atom stereocenters. The summed E-state index contributed by atoms with van der Waals surface area (Å²) in [6.45, 7) is 0. The number of hydrogen-bond acceptors (Lipinski definition) is 3. The van der Waals surface area contributed by atoms with Gasteiger partial charge in [-0.1, -0.05) is 116 Å². The van der Waals surface area contributed by atoms with Crippen molar-refractivity contribution in [2.75, 3.05) is 0 Å². The lowest BCUT2D eigenvalue weighted by atomic mass is 9.68. The van der Waals surface area contributed by atoms with Crippen LogP contribution in [-0.4, -0.2) is 15.0 Å². The molecule has 0 amide bonds. The van der Waals surface area contributed by atoms with Crippen molar-refractivity contribution < 1.29 is 0 Å². The first-order valence-corrected chi connectivity index (χ1v) is 13.4. The second-order valence-corrected chi connectivity index (χ2v) is 10.4. The van der Waals surface area contributed by atoms with Crippen LogP contribution < -0.4 is 0 Å². The lowest BCUT2D eigenvalue weighted by Crippen LogP contribution is -2.27. The van der Waals surface area contributed by atoms with E-state index in [1.54, 1.807) is 0 Å². The van der Waals surface area contributed by atoms with E-state index >= 15 is 0 Å². The molecule has 7 rings (SSSR count). The van der Waals surface area contributed by atoms with E-state index in [-0.39, 0.29) is 10.7 Å². The van der Waals surface area contributed by atoms with Crippen LogP contribution in [-0.2, 0) is 5.41 Å². The molecule has 0 aliphatic heterocycles. The molecular formula is C33H26ClN3. The van der Waals surface area contributed by atoms with Gasteiger partial charge in [-0.15, -0.1) is 0 Å². The number of halogens is 1. The molecule has 5 aromatic rings. The zero-order chi connectivity index (χ0) is 24.8. The molecule has 4 heteroatoms. The molecule has 2 aliphatic carbocycles. The van der Waals surface area contributed by atoms with E-state index < -0.39 is 0 Å². The summed E-state index contributed by atoms with van der Waals surface area (Å²) in [6, 6.07) is 34.3. The number of aromatic nitrogens is 3. The summed E-state index contributed by atoms with van der Waals surface area (Å²) in [5.74, 6) is 1.16. The Morgan fingerprint density at radius 3 is 1.86 bits per heavy atom. The molecule has 3 nitrogen and oxygen atoms in total. The van der Waals surface area contributed by atoms with Gasteiger partial charge >= 0.3 is 0 Å². The van der Waals surface area contributed by atoms with Gasteiger partial charge in [0, 0.05) is 16.5 Å². The second kappa shape index (κ2) is 8.93. The fraction of sp³-hybridized carbons (Fsp3) is 0.182. The Morgan fingerprint density at radius 2 is 1.11 bits per heavy atom. The molecule has 180 valence electrons. The van der Waals surface area contributed by atoms with Crippen molar-refractivity contribution in [3.63, 3.8) is 0 Å². The first-order chi connectivity index (χ1) is 18.2. The smallest absolute Gasteiger partial charge is 0.208 e. The van der Waals surface area contributed by atoms with Crippen molar-refractivity contribution in [3.8, 4) is 45.0 Å². The maximum Gasteiger partial charge on any atom is 0.226 e. The van der Waals surface area contributed by atoms with Crippen LogP contribution in [0.2, 0.25) is 5.28 Å². The molecule has 1 saturated carbocycles. The molecule has 0 saturated heterocycles. The summed E-state index contributed by atoms with van der Waals surface area (Å²) in [5, 5.41) is 0.197. The van der Waals surface area contributed by atoms with Crippen molar-refractivity contribution in [3.05, 3.63) is 113 Å². The molecule has 2 aliphatic rings. The van der Waals surface area contributed by atoms with Crippen LogP contribution in [0.3, 0.4) is 0 Å². The van der Waals surface area contributed by atoms with Gasteiger partial charge in [-0.3, -0.25) is 0 Å². The lowest BCUT2D eigenvalue weighted by Gasteiger charge is -2.36. The Morgan fingerprint density at radius 1 is 0.514 bits per heavy atom. The average Bonchev–Trinajstić information content (AvgIpc) is 3.23. The third kappa shape index (κ3) is 3.69. The molecule has 37 heavy (non-hydrogen) atoms. The maximum absolute atomic E-state index is 6.30. The Bertz CT molecular complexity index is 1600. The zero-order valence-electron chi connectivity index (χ0n) is 20.5. The Kier molecular flexibility index (Phi) is 5.40. The molecular weight excluding hydrogens is 474 g/mol. The topological polar surface area (TPSA) is 38.7 Å². The minimum absolute atomic E-state index is 0.162. The fourth-order valence-corrected chi connectivity index (χ4v) is 6.59. The van der Waals surface area contributed by atoms with Gasteiger partial charge < -0.3 is 0 Å². The van der Waals surface area contributed by atoms with E-state index in [2.05, 4.69) is 76.7 Å². The Hall–Kier alpha value is -3.82. The molecule has 0 bridgehead atoms. The molecule has 1 heterocycles. The number of benzene rings is 4. The minimum atomic E-state index is 0.162. The Balaban J connectivity index is 1.31. The lowest BCUT2D eigenvalue weighted by molar-refractivity contribution is 0.353. The summed E-state index contributed by atoms with van der Waals surface area (Å²) in [5.41, 5.74) is 10.3. The molecule has 0 N–H and O–H groups in total. The van der Waals surface area contributed by atoms with E-state index in [0.29, 0.717) is 11.6 Å². The normalized spacial score (nSPS) is 15.4. The van der Waals surface area contributed by atoms with Gasteiger partial charge in [0.05, 0.1) is 0 Å². The van der Waals surface area contributed by atoms with Gasteiger partial charge in [-0.2, -0.15) is 9.97 Å². The van der Waals surface area contributed by atoms with Crippen LogP contribution in [0.4, 0.5) is 0 Å². The Labute approximate surface area is 222 Å². The van der Waals surface area contributed by atoms with Crippen LogP contribution in [0.5, 0.6) is 0 Å². The standard InChI is InChI=1S/C33H26ClN3/c34-32-36-30(23-10-3-1-4-11-23)35-31(37-32)24-18-16-22(17-19-24)25-13-9-15-28-29(25)26-12-5-6-14-27(26)33(28)20-7-2-8-21-33/h1,3-6,9-19H,2,7-8,20-21H2. The van der Waals surface area contributed by atoms with Crippen molar-refractivity contribution in [1.82, 2.24) is 15.0 Å². The van der Waals surface area contributed by atoms with E-state index in [1.165, 1.54) is 65.5 Å². The molecule has 1 fully saturated rings. The van der Waals surface area contributed by atoms with Gasteiger partial charge in [0.2, 0.25) is 5.28 Å². The first-order valence-electron chi connectivity index (χ1n) is 13.0. The largest absolute Gasteiger partial charge is 0.226 e. The number of fused-ring (bicyclic) bond motifs is 5. The third-order valence-corrected chi connectivity index (χ3v) is 8.26. The minimum Gasteiger partial charge on any atom is -0.208 e. The van der Waals surface area contributed by atoms with Crippen molar-refractivity contribution >= 4 is 11.6 Å². The summed E-state index contributed by atoms with van der Waals surface area (Å²) >= 11 is 6.30. The molecule has 1 spiro atoms. The van der Waals surface area contributed by atoms with Gasteiger partial charge in [0.1, 0.15) is 0 Å². The average molecular weight is 500 g/mol. The van der Waals surface area contributed by atoms with Gasteiger partial charge in [0.15, 0.2) is 11.6 Å². The van der Waals surface area contributed by atoms with Crippen molar-refractivity contribution in [2.24, 2.45) is 0 Å². The van der Waals surface area contributed by atoms with Gasteiger partial charge in [0.25, 0.3) is 0 Å². The maximum atomic E-state index is 6.30. The van der Waals surface area contributed by atoms with Crippen molar-refractivity contribution in [2.45, 2.75) is 37.5 Å². The van der Waals surface area contributed by atoms with E-state index in [4.69, 9.17) is 16.6 Å². The highest BCUT2D eigenvalue weighted by atomic mass is 35.5. The SMILES string of the molecule is Clc1nc(-c2ccccc2)nc(-c2ccc(-c3cccc4c3-c3ccccc3C43CCCCC3)cc2)n1. The number of rotatable bonds is 3. The van der Waals surface area contributed by atoms with Crippen LogP contribution in [0, 0.1) is 0 Å². The number of hydrogen-bond donors (Lipinski definition) is 0. The summed E-state index contributed by atoms with van der Waals surface area (Å²) in [6.07, 6.45) is 6.42. The van der Waals surface area contributed by atoms with Crippen LogP contribution >= 0.6 is 11.6 Å². The summed E-state index contributed by atoms with van der Waals surface area (Å²) in [4.78, 5) is 13.5. The summed E-state index contributed by atoms with van der Waals surface area (Å²) < 4.78 is 0. The van der Waals surface area contributed by atoms with E-state index in [0.717, 1.165) is 11.1 Å². The van der Waals surface area contributed by atoms with Crippen molar-refractivity contribution in [1.29, 1.82) is 0 Å². The monoisotopic (exact) mass is 499 g/mol. The molecule has 4 aromatic carbocycles. The highest BCUT2D eigenvalue weighted by molar-refractivity contribution is 6.28. The number of nitrogens with zero attached hydrogens (tertiary/aromatic N) is 3. The van der Waals surface area contributed by atoms with E-state index in [9.17, 15) is 0 Å². The first kappa shape index (κ1) is 22.4. The summed E-state index contributed by atoms with van der Waals surface area (Å²) in [7, 11) is 0. The van der Waals surface area contributed by atoms with E-state index in [1.807, 2.05) is 30.3 Å². The quantitative estimate of drug-likeness (QED) is 0.249. The predicted octanol–water partition coefficient (Wildman–Crippen LogP) is 8.76. The third-order valence-electron chi connectivity index (χ3n) is 8.09. The molecule has 0 radical (unpaired) electrons. The van der Waals surface area contributed by atoms with Crippen LogP contribution in [0.1, 0.15) is 43.2 Å². The van der Waals surface area contributed by atoms with Gasteiger partial charge in [-0.25, -0.2) is 4.98 Å². The fourth-order valence-electron chi connectivity index (χ4n) is 6.43. The highest BCUT2D eigenvalue weighted by Crippen LogP contribution is 2.57. The molecule has 0 atom stereocenters. The zero-order valence-corrected chi connectivity index (χ0v) is 21.2.